The molecule has 0 saturated carbocycles. The molecule has 2 rings (SSSR count). The van der Waals surface area contributed by atoms with Gasteiger partial charge in [-0.3, -0.25) is 0 Å². The number of halogens is 3. The smallest absolute Gasteiger partial charge is 0.497 e. The second-order valence-electron chi connectivity index (χ2n) is 3.89. The lowest BCUT2D eigenvalue weighted by molar-refractivity contribution is 0.412. The second-order valence-corrected chi connectivity index (χ2v) is 3.89. The van der Waals surface area contributed by atoms with Gasteiger partial charge in [0, 0.05) is 0 Å². The van der Waals surface area contributed by atoms with Crippen LogP contribution in [0.1, 0.15) is 0 Å². The van der Waals surface area contributed by atoms with E-state index in [1.54, 1.807) is 24.3 Å². The molecule has 6 heteroatoms. The van der Waals surface area contributed by atoms with Crippen LogP contribution < -0.4 is 14.9 Å². The molecule has 100 valence electrons. The molecule has 0 aliphatic rings. The van der Waals surface area contributed by atoms with Crippen molar-refractivity contribution in [2.75, 3.05) is 7.11 Å². The Hall–Kier alpha value is -2.11. The third-order valence-corrected chi connectivity index (χ3v) is 2.56. The van der Waals surface area contributed by atoms with Gasteiger partial charge in [0.15, 0.2) is 0 Å². The summed E-state index contributed by atoms with van der Waals surface area (Å²) in [7, 11) is 1.51. The number of methoxy groups -OCH3 is 1. The van der Waals surface area contributed by atoms with E-state index in [0.717, 1.165) is 6.07 Å². The second kappa shape index (κ2) is 5.26. The summed E-state index contributed by atoms with van der Waals surface area (Å²) in [6.45, 7) is -5.10. The molecule has 0 fully saturated rings. The minimum Gasteiger partial charge on any atom is -0.497 e. The standard InChI is InChI=1S/C13H11BF3O2/c1-18-10-6-8-11(9-7-10)19-13-5-3-2-4-12(13)14(15,16)17/h2-9H,1H3/q-1. The zero-order chi connectivity index (χ0) is 13.9. The minimum absolute atomic E-state index is 0.194. The third-order valence-electron chi connectivity index (χ3n) is 2.56. The number of hydrogen-bond acceptors (Lipinski definition) is 2. The maximum atomic E-state index is 12.8. The van der Waals surface area contributed by atoms with Crippen LogP contribution in [0.15, 0.2) is 48.5 Å². The van der Waals surface area contributed by atoms with E-state index >= 15 is 0 Å². The predicted molar refractivity (Wildman–Crippen MR) is 68.2 cm³/mol. The van der Waals surface area contributed by atoms with Crippen LogP contribution in [0.25, 0.3) is 0 Å². The average Bonchev–Trinajstić information content (AvgIpc) is 2.39. The van der Waals surface area contributed by atoms with E-state index in [4.69, 9.17) is 9.47 Å². The molecule has 0 saturated heterocycles. The predicted octanol–water partition coefficient (Wildman–Crippen LogP) is 3.54. The first kappa shape index (κ1) is 13.3. The van der Waals surface area contributed by atoms with Crippen molar-refractivity contribution >= 4 is 12.4 Å². The normalized spacial score (nSPS) is 11.2. The Bertz CT molecular complexity index is 553. The van der Waals surface area contributed by atoms with Gasteiger partial charge in [0.25, 0.3) is 0 Å². The molecule has 0 unspecified atom stereocenters. The fourth-order valence-corrected chi connectivity index (χ4v) is 1.61. The highest BCUT2D eigenvalue weighted by atomic mass is 19.4. The molecule has 0 heterocycles. The van der Waals surface area contributed by atoms with Gasteiger partial charge >= 0.3 is 6.98 Å². The van der Waals surface area contributed by atoms with Gasteiger partial charge in [0.1, 0.15) is 17.2 Å². The lowest BCUT2D eigenvalue weighted by atomic mass is 9.79. The van der Waals surface area contributed by atoms with E-state index in [1.807, 2.05) is 0 Å². The van der Waals surface area contributed by atoms with Crippen molar-refractivity contribution in [3.8, 4) is 17.2 Å². The molecule has 0 aromatic heterocycles. The van der Waals surface area contributed by atoms with Gasteiger partial charge in [-0.25, -0.2) is 0 Å². The monoisotopic (exact) mass is 267 g/mol. The molecule has 19 heavy (non-hydrogen) atoms. The van der Waals surface area contributed by atoms with Crippen LogP contribution in [0.5, 0.6) is 17.2 Å². The average molecular weight is 267 g/mol. The summed E-state index contributed by atoms with van der Waals surface area (Å²) in [5.41, 5.74) is -0.738. The van der Waals surface area contributed by atoms with Crippen molar-refractivity contribution < 1.29 is 22.4 Å². The zero-order valence-electron chi connectivity index (χ0n) is 10.1. The molecule has 0 aliphatic carbocycles. The van der Waals surface area contributed by atoms with Crippen LogP contribution in [-0.2, 0) is 0 Å². The van der Waals surface area contributed by atoms with Crippen LogP contribution >= 0.6 is 0 Å². The minimum atomic E-state index is -5.10. The lowest BCUT2D eigenvalue weighted by Crippen LogP contribution is -2.34. The topological polar surface area (TPSA) is 18.5 Å². The molecule has 0 bridgehead atoms. The summed E-state index contributed by atoms with van der Waals surface area (Å²) < 4.78 is 48.7. The van der Waals surface area contributed by atoms with Crippen molar-refractivity contribution in [2.45, 2.75) is 0 Å². The van der Waals surface area contributed by atoms with Gasteiger partial charge in [-0.15, -0.1) is 0 Å². The molecule has 2 aromatic carbocycles. The van der Waals surface area contributed by atoms with Gasteiger partial charge in [0.2, 0.25) is 0 Å². The molecular weight excluding hydrogens is 256 g/mol. The summed E-state index contributed by atoms with van der Waals surface area (Å²) in [5, 5.41) is 0. The maximum absolute atomic E-state index is 12.8. The van der Waals surface area contributed by atoms with Crippen molar-refractivity contribution in [3.05, 3.63) is 48.5 Å². The fourth-order valence-electron chi connectivity index (χ4n) is 1.61. The van der Waals surface area contributed by atoms with E-state index in [-0.39, 0.29) is 5.75 Å². The summed E-state index contributed by atoms with van der Waals surface area (Å²) >= 11 is 0. The molecule has 0 spiro atoms. The number of hydrogen-bond donors (Lipinski definition) is 0. The molecule has 2 nitrogen and oxygen atoms in total. The summed E-state index contributed by atoms with van der Waals surface area (Å²) in [5.74, 6) is 0.745. The van der Waals surface area contributed by atoms with Gasteiger partial charge in [-0.05, 0) is 30.3 Å². The van der Waals surface area contributed by atoms with Crippen molar-refractivity contribution in [3.63, 3.8) is 0 Å². The number of benzene rings is 2. The highest BCUT2D eigenvalue weighted by Gasteiger charge is 2.29. The van der Waals surface area contributed by atoms with Crippen LogP contribution in [0, 0.1) is 0 Å². The molecule has 0 radical (unpaired) electrons. The van der Waals surface area contributed by atoms with E-state index in [1.165, 1.54) is 25.3 Å². The van der Waals surface area contributed by atoms with E-state index < -0.39 is 12.4 Å². The van der Waals surface area contributed by atoms with E-state index in [9.17, 15) is 12.9 Å². The fraction of sp³-hybridized carbons (Fsp3) is 0.0769. The van der Waals surface area contributed by atoms with Crippen molar-refractivity contribution in [1.82, 2.24) is 0 Å². The summed E-state index contributed by atoms with van der Waals surface area (Å²) in [6, 6.07) is 11.5. The first-order valence-electron chi connectivity index (χ1n) is 5.61. The highest BCUT2D eigenvalue weighted by molar-refractivity contribution is 6.74. The van der Waals surface area contributed by atoms with Crippen molar-refractivity contribution in [1.29, 1.82) is 0 Å². The van der Waals surface area contributed by atoms with Crippen LogP contribution in [0.3, 0.4) is 0 Å². The highest BCUT2D eigenvalue weighted by Crippen LogP contribution is 2.25. The Balaban J connectivity index is 2.28. The molecule has 0 atom stereocenters. The van der Waals surface area contributed by atoms with Gasteiger partial charge < -0.3 is 22.4 Å². The molecule has 0 amide bonds. The van der Waals surface area contributed by atoms with Gasteiger partial charge in [0.05, 0.1) is 7.11 Å². The van der Waals surface area contributed by atoms with Crippen LogP contribution in [0.2, 0.25) is 0 Å². The summed E-state index contributed by atoms with van der Waals surface area (Å²) in [6.07, 6.45) is 0. The number of para-hydroxylation sites is 1. The molecular formula is C13H11BF3O2-. The first-order valence-corrected chi connectivity index (χ1v) is 5.61. The maximum Gasteiger partial charge on any atom is 0.513 e. The Morgan fingerprint density at radius 2 is 1.42 bits per heavy atom. The third kappa shape index (κ3) is 3.22. The Labute approximate surface area is 108 Å². The molecule has 0 aliphatic heterocycles. The molecule has 2 aromatic rings. The van der Waals surface area contributed by atoms with Gasteiger partial charge in [-0.2, -0.15) is 0 Å². The first-order chi connectivity index (χ1) is 9.00. The quantitative estimate of drug-likeness (QED) is 0.789. The van der Waals surface area contributed by atoms with Crippen LogP contribution in [0.4, 0.5) is 12.9 Å². The summed E-state index contributed by atoms with van der Waals surface area (Å²) in [4.78, 5) is 0. The number of rotatable bonds is 4. The van der Waals surface area contributed by atoms with Crippen LogP contribution in [-0.4, -0.2) is 14.1 Å². The number of ether oxygens (including phenoxy) is 2. The molecule has 0 N–H and O–H groups in total. The van der Waals surface area contributed by atoms with E-state index in [2.05, 4.69) is 0 Å². The largest absolute Gasteiger partial charge is 0.513 e. The SMILES string of the molecule is COc1ccc(Oc2ccccc2[B-](F)(F)F)cc1. The Kier molecular flexibility index (Phi) is 3.69. The lowest BCUT2D eigenvalue weighted by Gasteiger charge is -2.19. The Morgan fingerprint density at radius 3 is 2.00 bits per heavy atom. The Morgan fingerprint density at radius 1 is 0.842 bits per heavy atom. The zero-order valence-corrected chi connectivity index (χ0v) is 10.1. The van der Waals surface area contributed by atoms with Crippen molar-refractivity contribution in [2.24, 2.45) is 0 Å². The van der Waals surface area contributed by atoms with E-state index in [0.29, 0.717) is 11.5 Å². The van der Waals surface area contributed by atoms with Gasteiger partial charge in [-0.1, -0.05) is 23.7 Å².